The summed E-state index contributed by atoms with van der Waals surface area (Å²) in [6.07, 6.45) is 0. The van der Waals surface area contributed by atoms with Crippen LogP contribution in [0.15, 0.2) is 40.8 Å². The Morgan fingerprint density at radius 3 is 2.78 bits per heavy atom. The lowest BCUT2D eigenvalue weighted by Gasteiger charge is -2.01. The van der Waals surface area contributed by atoms with Gasteiger partial charge in [-0.2, -0.15) is 0 Å². The number of furan rings is 1. The van der Waals surface area contributed by atoms with Gasteiger partial charge >= 0.3 is 0 Å². The first-order valence-electron chi connectivity index (χ1n) is 5.56. The van der Waals surface area contributed by atoms with E-state index < -0.39 is 0 Å². The Bertz CT molecular complexity index is 734. The molecular formula is C14H11FN2O. The minimum atomic E-state index is -0.276. The Balaban J connectivity index is 2.19. The molecule has 0 aliphatic rings. The number of aromatic nitrogens is 1. The number of anilines is 1. The van der Waals surface area contributed by atoms with Gasteiger partial charge in [0, 0.05) is 10.9 Å². The van der Waals surface area contributed by atoms with Crippen LogP contribution in [0.4, 0.5) is 10.2 Å². The van der Waals surface area contributed by atoms with E-state index in [0.717, 1.165) is 16.6 Å². The summed E-state index contributed by atoms with van der Waals surface area (Å²) in [5.74, 6) is 0.862. The Kier molecular flexibility index (Phi) is 2.30. The molecule has 0 fully saturated rings. The number of pyridine rings is 1. The standard InChI is InChI=1S/C14H11FN2O/c1-8-11(3-5-14(16)17-8)13-7-9-6-10(15)2-4-12(9)18-13/h2-7H,1H3,(H2,16,17). The lowest BCUT2D eigenvalue weighted by atomic mass is 10.1. The molecule has 2 N–H and O–H groups in total. The highest BCUT2D eigenvalue weighted by atomic mass is 19.1. The summed E-state index contributed by atoms with van der Waals surface area (Å²) in [6, 6.07) is 9.82. The fourth-order valence-corrected chi connectivity index (χ4v) is 1.99. The van der Waals surface area contributed by atoms with Crippen LogP contribution >= 0.6 is 0 Å². The van der Waals surface area contributed by atoms with E-state index in [1.807, 2.05) is 13.0 Å². The number of rotatable bonds is 1. The van der Waals surface area contributed by atoms with Crippen LogP contribution in [-0.4, -0.2) is 4.98 Å². The monoisotopic (exact) mass is 242 g/mol. The normalized spacial score (nSPS) is 11.0. The quantitative estimate of drug-likeness (QED) is 0.710. The van der Waals surface area contributed by atoms with Crippen LogP contribution in [0.25, 0.3) is 22.3 Å². The molecule has 0 aliphatic carbocycles. The van der Waals surface area contributed by atoms with Gasteiger partial charge in [0.25, 0.3) is 0 Å². The number of benzene rings is 1. The summed E-state index contributed by atoms with van der Waals surface area (Å²) in [5, 5.41) is 0.737. The van der Waals surface area contributed by atoms with Crippen molar-refractivity contribution in [2.45, 2.75) is 6.92 Å². The fraction of sp³-hybridized carbons (Fsp3) is 0.0714. The molecule has 0 spiro atoms. The number of hydrogen-bond donors (Lipinski definition) is 1. The zero-order valence-corrected chi connectivity index (χ0v) is 9.77. The SMILES string of the molecule is Cc1nc(N)ccc1-c1cc2cc(F)ccc2o1. The summed E-state index contributed by atoms with van der Waals surface area (Å²) < 4.78 is 18.8. The molecule has 1 aromatic carbocycles. The fourth-order valence-electron chi connectivity index (χ4n) is 1.99. The number of aryl methyl sites for hydroxylation is 1. The van der Waals surface area contributed by atoms with E-state index >= 15 is 0 Å². The topological polar surface area (TPSA) is 52.0 Å². The highest BCUT2D eigenvalue weighted by molar-refractivity contribution is 5.83. The van der Waals surface area contributed by atoms with E-state index in [1.54, 1.807) is 18.2 Å². The lowest BCUT2D eigenvalue weighted by Crippen LogP contribution is -1.93. The molecular weight excluding hydrogens is 231 g/mol. The molecule has 0 unspecified atom stereocenters. The van der Waals surface area contributed by atoms with Crippen LogP contribution in [0, 0.1) is 12.7 Å². The maximum atomic E-state index is 13.1. The first-order valence-corrected chi connectivity index (χ1v) is 5.56. The molecule has 2 heterocycles. The van der Waals surface area contributed by atoms with Gasteiger partial charge in [-0.3, -0.25) is 0 Å². The van der Waals surface area contributed by atoms with Crippen LogP contribution in [0.1, 0.15) is 5.69 Å². The molecule has 0 atom stereocenters. The Morgan fingerprint density at radius 2 is 2.00 bits per heavy atom. The highest BCUT2D eigenvalue weighted by Crippen LogP contribution is 2.30. The Morgan fingerprint density at radius 1 is 1.17 bits per heavy atom. The summed E-state index contributed by atoms with van der Waals surface area (Å²) in [6.45, 7) is 1.86. The van der Waals surface area contributed by atoms with Crippen molar-refractivity contribution in [3.63, 3.8) is 0 Å². The van der Waals surface area contributed by atoms with E-state index in [4.69, 9.17) is 10.2 Å². The first-order chi connectivity index (χ1) is 8.63. The third kappa shape index (κ3) is 1.72. The van der Waals surface area contributed by atoms with Crippen molar-refractivity contribution < 1.29 is 8.81 Å². The maximum Gasteiger partial charge on any atom is 0.137 e. The van der Waals surface area contributed by atoms with Gasteiger partial charge in [0.1, 0.15) is 23.0 Å². The number of hydrogen-bond acceptors (Lipinski definition) is 3. The zero-order chi connectivity index (χ0) is 12.7. The molecule has 3 rings (SSSR count). The van der Waals surface area contributed by atoms with Gasteiger partial charge in [-0.25, -0.2) is 9.37 Å². The van der Waals surface area contributed by atoms with Crippen LogP contribution in [0.5, 0.6) is 0 Å². The van der Waals surface area contributed by atoms with Gasteiger partial charge in [0.05, 0.1) is 5.69 Å². The largest absolute Gasteiger partial charge is 0.456 e. The summed E-state index contributed by atoms with van der Waals surface area (Å²) in [5.41, 5.74) is 7.91. The molecule has 4 heteroatoms. The van der Waals surface area contributed by atoms with Crippen molar-refractivity contribution in [2.24, 2.45) is 0 Å². The van der Waals surface area contributed by atoms with Crippen LogP contribution in [0.3, 0.4) is 0 Å². The number of nitrogen functional groups attached to an aromatic ring is 1. The lowest BCUT2D eigenvalue weighted by molar-refractivity contribution is 0.618. The maximum absolute atomic E-state index is 13.1. The first kappa shape index (κ1) is 10.8. The summed E-state index contributed by atoms with van der Waals surface area (Å²) in [7, 11) is 0. The molecule has 0 saturated carbocycles. The molecule has 0 saturated heterocycles. The van der Waals surface area contributed by atoms with Crippen molar-refractivity contribution in [2.75, 3.05) is 5.73 Å². The minimum Gasteiger partial charge on any atom is -0.456 e. The molecule has 0 bridgehead atoms. The molecule has 0 amide bonds. The van der Waals surface area contributed by atoms with Crippen molar-refractivity contribution >= 4 is 16.8 Å². The van der Waals surface area contributed by atoms with E-state index in [9.17, 15) is 4.39 Å². The van der Waals surface area contributed by atoms with Crippen LogP contribution in [0.2, 0.25) is 0 Å². The van der Waals surface area contributed by atoms with Crippen LogP contribution < -0.4 is 5.73 Å². The van der Waals surface area contributed by atoms with E-state index in [1.165, 1.54) is 12.1 Å². The van der Waals surface area contributed by atoms with E-state index in [0.29, 0.717) is 17.2 Å². The van der Waals surface area contributed by atoms with Gasteiger partial charge in [0.15, 0.2) is 0 Å². The predicted octanol–water partition coefficient (Wildman–Crippen LogP) is 3.52. The van der Waals surface area contributed by atoms with Crippen molar-refractivity contribution in [1.29, 1.82) is 0 Å². The predicted molar refractivity (Wildman–Crippen MR) is 68.6 cm³/mol. The number of halogens is 1. The van der Waals surface area contributed by atoms with Crippen molar-refractivity contribution in [1.82, 2.24) is 4.98 Å². The highest BCUT2D eigenvalue weighted by Gasteiger charge is 2.10. The Hall–Kier alpha value is -2.36. The number of nitrogens with zero attached hydrogens (tertiary/aromatic N) is 1. The second-order valence-corrected chi connectivity index (χ2v) is 4.16. The average Bonchev–Trinajstić information content (AvgIpc) is 2.71. The third-order valence-electron chi connectivity index (χ3n) is 2.85. The molecule has 3 aromatic rings. The second-order valence-electron chi connectivity index (χ2n) is 4.16. The zero-order valence-electron chi connectivity index (χ0n) is 9.77. The number of fused-ring (bicyclic) bond motifs is 1. The van der Waals surface area contributed by atoms with Gasteiger partial charge in [-0.15, -0.1) is 0 Å². The van der Waals surface area contributed by atoms with Crippen molar-refractivity contribution in [3.05, 3.63) is 47.9 Å². The van der Waals surface area contributed by atoms with Gasteiger partial charge in [-0.05, 0) is 43.3 Å². The van der Waals surface area contributed by atoms with Crippen molar-refractivity contribution in [3.8, 4) is 11.3 Å². The molecule has 2 aromatic heterocycles. The van der Waals surface area contributed by atoms with Gasteiger partial charge < -0.3 is 10.2 Å². The molecule has 90 valence electrons. The smallest absolute Gasteiger partial charge is 0.137 e. The Labute approximate surface area is 103 Å². The van der Waals surface area contributed by atoms with Gasteiger partial charge in [0.2, 0.25) is 0 Å². The van der Waals surface area contributed by atoms with Gasteiger partial charge in [-0.1, -0.05) is 0 Å². The summed E-state index contributed by atoms with van der Waals surface area (Å²) >= 11 is 0. The molecule has 3 nitrogen and oxygen atoms in total. The molecule has 0 aliphatic heterocycles. The third-order valence-corrected chi connectivity index (χ3v) is 2.85. The van der Waals surface area contributed by atoms with E-state index in [2.05, 4.69) is 4.98 Å². The van der Waals surface area contributed by atoms with E-state index in [-0.39, 0.29) is 5.82 Å². The minimum absolute atomic E-state index is 0.276. The second kappa shape index (κ2) is 3.84. The molecule has 18 heavy (non-hydrogen) atoms. The molecule has 0 radical (unpaired) electrons. The number of nitrogens with two attached hydrogens (primary N) is 1. The van der Waals surface area contributed by atoms with Crippen LogP contribution in [-0.2, 0) is 0 Å². The average molecular weight is 242 g/mol. The summed E-state index contributed by atoms with van der Waals surface area (Å²) in [4.78, 5) is 4.18.